The Balaban J connectivity index is 1.89. The van der Waals surface area contributed by atoms with E-state index in [1.165, 1.54) is 4.88 Å². The Morgan fingerprint density at radius 1 is 1.31 bits per heavy atom. The molecule has 1 aliphatic heterocycles. The summed E-state index contributed by atoms with van der Waals surface area (Å²) in [6.07, 6.45) is 0. The lowest BCUT2D eigenvalue weighted by molar-refractivity contribution is 0.443. The molecule has 2 heterocycles. The first-order valence-electron chi connectivity index (χ1n) is 8.97. The number of rotatable bonds is 8. The third kappa shape index (κ3) is 6.44. The van der Waals surface area contributed by atoms with Crippen molar-refractivity contribution in [2.24, 2.45) is 4.99 Å². The maximum atomic E-state index is 12.4. The third-order valence-corrected chi connectivity index (χ3v) is 8.23. The van der Waals surface area contributed by atoms with Crippen LogP contribution in [-0.4, -0.2) is 68.7 Å². The lowest BCUT2D eigenvalue weighted by Crippen LogP contribution is -2.44. The molecule has 1 fully saturated rings. The second kappa shape index (κ2) is 9.96. The average molecular weight is 419 g/mol. The summed E-state index contributed by atoms with van der Waals surface area (Å²) in [7, 11) is -3.20. The zero-order chi connectivity index (χ0) is 19.0. The van der Waals surface area contributed by atoms with E-state index in [0.29, 0.717) is 32.1 Å². The van der Waals surface area contributed by atoms with Crippen LogP contribution < -0.4 is 10.6 Å². The van der Waals surface area contributed by atoms with Gasteiger partial charge >= 0.3 is 0 Å². The number of sulfonamides is 1. The smallest absolute Gasteiger partial charge is 0.215 e. The molecule has 2 rings (SSSR count). The minimum Gasteiger partial charge on any atom is -0.357 e. The second-order valence-electron chi connectivity index (χ2n) is 6.81. The van der Waals surface area contributed by atoms with Gasteiger partial charge in [0.05, 0.1) is 12.3 Å². The highest BCUT2D eigenvalue weighted by molar-refractivity contribution is 7.99. The molecule has 0 aromatic carbocycles. The fourth-order valence-corrected chi connectivity index (χ4v) is 5.95. The van der Waals surface area contributed by atoms with Crippen LogP contribution in [0.25, 0.3) is 0 Å². The number of thiophene rings is 1. The van der Waals surface area contributed by atoms with Crippen molar-refractivity contribution in [1.29, 1.82) is 0 Å². The minimum absolute atomic E-state index is 0.0476. The molecule has 9 heteroatoms. The molecule has 1 saturated heterocycles. The van der Waals surface area contributed by atoms with Gasteiger partial charge in [0.1, 0.15) is 0 Å². The monoisotopic (exact) mass is 418 g/mol. The van der Waals surface area contributed by atoms with Gasteiger partial charge < -0.3 is 10.6 Å². The molecule has 0 aliphatic carbocycles. The summed E-state index contributed by atoms with van der Waals surface area (Å²) < 4.78 is 26.4. The Morgan fingerprint density at radius 3 is 2.65 bits per heavy atom. The van der Waals surface area contributed by atoms with Gasteiger partial charge in [-0.3, -0.25) is 4.99 Å². The molecule has 2 N–H and O–H groups in total. The van der Waals surface area contributed by atoms with E-state index < -0.39 is 10.0 Å². The topological polar surface area (TPSA) is 73.8 Å². The molecule has 0 saturated carbocycles. The van der Waals surface area contributed by atoms with Gasteiger partial charge in [-0.2, -0.15) is 11.8 Å². The summed E-state index contributed by atoms with van der Waals surface area (Å²) in [5.74, 6) is 2.53. The SMILES string of the molecule is CCNC(=NCC(C)(C)c1cccs1)NCCS(=O)(=O)N1CCSCC1. The third-order valence-electron chi connectivity index (χ3n) is 4.18. The van der Waals surface area contributed by atoms with Crippen LogP contribution in [0, 0.1) is 0 Å². The largest absolute Gasteiger partial charge is 0.357 e. The highest BCUT2D eigenvalue weighted by Gasteiger charge is 2.24. The Hall–Kier alpha value is -0.770. The molecular formula is C17H30N4O2S3. The van der Waals surface area contributed by atoms with Gasteiger partial charge in [-0.25, -0.2) is 12.7 Å². The molecule has 148 valence electrons. The number of nitrogens with zero attached hydrogens (tertiary/aromatic N) is 2. The van der Waals surface area contributed by atoms with Gasteiger partial charge in [-0.05, 0) is 18.4 Å². The van der Waals surface area contributed by atoms with Gasteiger partial charge in [0.25, 0.3) is 0 Å². The lowest BCUT2D eigenvalue weighted by Gasteiger charge is -2.26. The van der Waals surface area contributed by atoms with E-state index in [-0.39, 0.29) is 11.2 Å². The molecule has 0 atom stereocenters. The van der Waals surface area contributed by atoms with Crippen molar-refractivity contribution in [3.05, 3.63) is 22.4 Å². The first-order chi connectivity index (χ1) is 12.3. The van der Waals surface area contributed by atoms with Crippen LogP contribution in [0.4, 0.5) is 0 Å². The zero-order valence-electron chi connectivity index (χ0n) is 15.8. The minimum atomic E-state index is -3.20. The number of aliphatic imine (C=N–C) groups is 1. The molecule has 1 aromatic rings. The maximum Gasteiger partial charge on any atom is 0.215 e. The van der Waals surface area contributed by atoms with E-state index in [9.17, 15) is 8.42 Å². The van der Waals surface area contributed by atoms with Crippen molar-refractivity contribution < 1.29 is 8.42 Å². The number of nitrogens with one attached hydrogen (secondary N) is 2. The molecule has 26 heavy (non-hydrogen) atoms. The molecule has 0 bridgehead atoms. The predicted octanol–water partition coefficient (Wildman–Crippen LogP) is 1.96. The molecule has 0 unspecified atom stereocenters. The molecule has 1 aromatic heterocycles. The Kier molecular flexibility index (Phi) is 8.25. The van der Waals surface area contributed by atoms with Crippen molar-refractivity contribution in [2.75, 3.05) is 50.0 Å². The van der Waals surface area contributed by atoms with E-state index >= 15 is 0 Å². The van der Waals surface area contributed by atoms with Crippen LogP contribution in [0.3, 0.4) is 0 Å². The Labute approximate surface area is 165 Å². The number of thioether (sulfide) groups is 1. The van der Waals surface area contributed by atoms with Crippen LogP contribution in [0.5, 0.6) is 0 Å². The van der Waals surface area contributed by atoms with Gasteiger partial charge in [0.2, 0.25) is 10.0 Å². The lowest BCUT2D eigenvalue weighted by atomic mass is 9.92. The molecule has 0 radical (unpaired) electrons. The average Bonchev–Trinajstić information content (AvgIpc) is 3.16. The van der Waals surface area contributed by atoms with E-state index in [0.717, 1.165) is 18.1 Å². The summed E-state index contributed by atoms with van der Waals surface area (Å²) in [6.45, 7) is 9.32. The van der Waals surface area contributed by atoms with Crippen molar-refractivity contribution in [3.63, 3.8) is 0 Å². The van der Waals surface area contributed by atoms with E-state index in [1.54, 1.807) is 15.6 Å². The van der Waals surface area contributed by atoms with Crippen LogP contribution in [0.2, 0.25) is 0 Å². The summed E-state index contributed by atoms with van der Waals surface area (Å²) >= 11 is 3.54. The second-order valence-corrected chi connectivity index (χ2v) is 11.1. The maximum absolute atomic E-state index is 12.4. The zero-order valence-corrected chi connectivity index (χ0v) is 18.3. The van der Waals surface area contributed by atoms with Crippen LogP contribution >= 0.6 is 23.1 Å². The van der Waals surface area contributed by atoms with Crippen molar-refractivity contribution in [2.45, 2.75) is 26.2 Å². The molecule has 1 aliphatic rings. The van der Waals surface area contributed by atoms with Gasteiger partial charge in [0.15, 0.2) is 5.96 Å². The van der Waals surface area contributed by atoms with E-state index in [1.807, 2.05) is 18.7 Å². The first kappa shape index (κ1) is 21.5. The summed E-state index contributed by atoms with van der Waals surface area (Å²) in [5, 5.41) is 8.44. The van der Waals surface area contributed by atoms with Crippen LogP contribution in [0.15, 0.2) is 22.5 Å². The van der Waals surface area contributed by atoms with Crippen LogP contribution in [0.1, 0.15) is 25.6 Å². The first-order valence-corrected chi connectivity index (χ1v) is 12.6. The normalized spacial score (nSPS) is 17.3. The summed E-state index contributed by atoms with van der Waals surface area (Å²) in [5.41, 5.74) is -0.0476. The Bertz CT molecular complexity index is 666. The van der Waals surface area contributed by atoms with Gasteiger partial charge in [0, 0.05) is 48.0 Å². The van der Waals surface area contributed by atoms with Crippen molar-refractivity contribution in [3.8, 4) is 0 Å². The molecule has 6 nitrogen and oxygen atoms in total. The summed E-state index contributed by atoms with van der Waals surface area (Å²) in [6, 6.07) is 4.18. The number of guanidine groups is 1. The number of hydrogen-bond acceptors (Lipinski definition) is 5. The fraction of sp³-hybridized carbons (Fsp3) is 0.706. The van der Waals surface area contributed by atoms with E-state index in [2.05, 4.69) is 47.0 Å². The van der Waals surface area contributed by atoms with Gasteiger partial charge in [-0.1, -0.05) is 19.9 Å². The Morgan fingerprint density at radius 2 is 2.04 bits per heavy atom. The quantitative estimate of drug-likeness (QED) is 0.499. The summed E-state index contributed by atoms with van der Waals surface area (Å²) in [4.78, 5) is 5.96. The van der Waals surface area contributed by atoms with Crippen molar-refractivity contribution >= 4 is 39.1 Å². The van der Waals surface area contributed by atoms with E-state index in [4.69, 9.17) is 0 Å². The highest BCUT2D eigenvalue weighted by atomic mass is 32.2. The molecule has 0 amide bonds. The van der Waals surface area contributed by atoms with Crippen molar-refractivity contribution in [1.82, 2.24) is 14.9 Å². The molecular weight excluding hydrogens is 388 g/mol. The van der Waals surface area contributed by atoms with Crippen LogP contribution in [-0.2, 0) is 15.4 Å². The fourth-order valence-electron chi connectivity index (χ4n) is 2.61. The van der Waals surface area contributed by atoms with Gasteiger partial charge in [-0.15, -0.1) is 11.3 Å². The molecule has 0 spiro atoms. The predicted molar refractivity (Wildman–Crippen MR) is 114 cm³/mol. The highest BCUT2D eigenvalue weighted by Crippen LogP contribution is 2.27. The number of hydrogen-bond donors (Lipinski definition) is 2. The standard InChI is InChI=1S/C17H30N4O2S3/c1-4-18-16(20-14-17(2,3)15-6-5-10-25-15)19-7-13-26(22,23)21-8-11-24-12-9-21/h5-6,10H,4,7-9,11-14H2,1-3H3,(H2,18,19,20).